The van der Waals surface area contributed by atoms with E-state index in [0.29, 0.717) is 24.6 Å². The molecule has 0 N–H and O–H groups in total. The largest absolute Gasteiger partial charge is 0.493 e. The van der Waals surface area contributed by atoms with E-state index in [2.05, 4.69) is 0 Å². The maximum atomic E-state index is 12.8. The average Bonchev–Trinajstić information content (AvgIpc) is 2.61. The molecule has 5 heteroatoms. The first-order valence-electron chi connectivity index (χ1n) is 8.30. The molecule has 0 bridgehead atoms. The minimum atomic E-state index is -3.42. The highest BCUT2D eigenvalue weighted by atomic mass is 32.2. The minimum Gasteiger partial charge on any atom is -0.493 e. The van der Waals surface area contributed by atoms with Gasteiger partial charge in [-0.25, -0.2) is 8.42 Å². The van der Waals surface area contributed by atoms with Gasteiger partial charge in [0.25, 0.3) is 0 Å². The van der Waals surface area contributed by atoms with Crippen LogP contribution in [0.2, 0.25) is 0 Å². The Morgan fingerprint density at radius 1 is 1.08 bits per heavy atom. The molecule has 0 aliphatic carbocycles. The number of piperidine rings is 1. The first-order valence-corrected chi connectivity index (χ1v) is 9.74. The summed E-state index contributed by atoms with van der Waals surface area (Å²) in [6.45, 7) is 3.60. The first-order chi connectivity index (χ1) is 11.6. The normalized spacial score (nSPS) is 19.1. The summed E-state index contributed by atoms with van der Waals surface area (Å²) >= 11 is 0. The summed E-state index contributed by atoms with van der Waals surface area (Å²) in [4.78, 5) is 0.373. The Labute approximate surface area is 144 Å². The van der Waals surface area contributed by atoms with Gasteiger partial charge in [-0.1, -0.05) is 35.9 Å². The zero-order valence-electron chi connectivity index (χ0n) is 13.9. The van der Waals surface area contributed by atoms with Crippen LogP contribution in [0.4, 0.5) is 0 Å². The lowest BCUT2D eigenvalue weighted by atomic mass is 10.0. The molecule has 3 rings (SSSR count). The van der Waals surface area contributed by atoms with Crippen LogP contribution in [0, 0.1) is 12.8 Å². The Morgan fingerprint density at radius 2 is 1.79 bits per heavy atom. The molecule has 1 aliphatic rings. The fourth-order valence-electron chi connectivity index (χ4n) is 2.97. The number of nitrogens with zero attached hydrogens (tertiary/aromatic N) is 1. The van der Waals surface area contributed by atoms with Crippen molar-refractivity contribution in [2.24, 2.45) is 5.92 Å². The lowest BCUT2D eigenvalue weighted by Crippen LogP contribution is -2.41. The SMILES string of the molecule is Cc1ccc(S(=O)(=O)N2CCCC(COc3ccccc3)C2)cc1. The van der Waals surface area contributed by atoms with Crippen molar-refractivity contribution in [1.29, 1.82) is 0 Å². The number of sulfonamides is 1. The van der Waals surface area contributed by atoms with Gasteiger partial charge in [0.05, 0.1) is 11.5 Å². The van der Waals surface area contributed by atoms with Gasteiger partial charge in [-0.2, -0.15) is 4.31 Å². The fourth-order valence-corrected chi connectivity index (χ4v) is 4.53. The summed E-state index contributed by atoms with van der Waals surface area (Å²) in [6.07, 6.45) is 1.86. The molecule has 2 aromatic carbocycles. The predicted molar refractivity (Wildman–Crippen MR) is 94.6 cm³/mol. The standard InChI is InChI=1S/C19H23NO3S/c1-16-9-11-19(12-10-16)24(21,22)20-13-5-6-17(14-20)15-23-18-7-3-2-4-8-18/h2-4,7-12,17H,5-6,13-15H2,1H3. The average molecular weight is 345 g/mol. The smallest absolute Gasteiger partial charge is 0.243 e. The van der Waals surface area contributed by atoms with Crippen LogP contribution in [0.15, 0.2) is 59.5 Å². The van der Waals surface area contributed by atoms with Crippen molar-refractivity contribution in [2.75, 3.05) is 19.7 Å². The number of benzene rings is 2. The summed E-state index contributed by atoms with van der Waals surface area (Å²) < 4.78 is 33.0. The Bertz CT molecular complexity index is 757. The number of aryl methyl sites for hydroxylation is 1. The zero-order chi connectivity index (χ0) is 17.0. The van der Waals surface area contributed by atoms with Gasteiger partial charge in [0, 0.05) is 19.0 Å². The van der Waals surface area contributed by atoms with Crippen molar-refractivity contribution in [3.63, 3.8) is 0 Å². The van der Waals surface area contributed by atoms with E-state index < -0.39 is 10.0 Å². The quantitative estimate of drug-likeness (QED) is 0.833. The molecule has 1 aliphatic heterocycles. The molecule has 0 spiro atoms. The Hall–Kier alpha value is -1.85. The van der Waals surface area contributed by atoms with Crippen molar-refractivity contribution in [2.45, 2.75) is 24.7 Å². The lowest BCUT2D eigenvalue weighted by molar-refractivity contribution is 0.180. The number of para-hydroxylation sites is 1. The third-order valence-corrected chi connectivity index (χ3v) is 6.25. The highest BCUT2D eigenvalue weighted by Gasteiger charge is 2.30. The van der Waals surface area contributed by atoms with Crippen LogP contribution in [-0.4, -0.2) is 32.4 Å². The number of hydrogen-bond donors (Lipinski definition) is 0. The van der Waals surface area contributed by atoms with E-state index in [1.54, 1.807) is 16.4 Å². The summed E-state index contributed by atoms with van der Waals surface area (Å²) in [6, 6.07) is 16.7. The highest BCUT2D eigenvalue weighted by Crippen LogP contribution is 2.24. The van der Waals surface area contributed by atoms with Gasteiger partial charge in [-0.05, 0) is 44.0 Å². The monoisotopic (exact) mass is 345 g/mol. The molecule has 0 aromatic heterocycles. The summed E-state index contributed by atoms with van der Waals surface area (Å²) in [5.74, 6) is 1.05. The van der Waals surface area contributed by atoms with E-state index in [0.717, 1.165) is 24.2 Å². The first kappa shape index (κ1) is 17.0. The Kier molecular flexibility index (Phi) is 5.21. The van der Waals surface area contributed by atoms with Gasteiger partial charge >= 0.3 is 0 Å². The molecule has 128 valence electrons. The van der Waals surface area contributed by atoms with Crippen LogP contribution >= 0.6 is 0 Å². The van der Waals surface area contributed by atoms with Crippen LogP contribution < -0.4 is 4.74 Å². The molecule has 1 saturated heterocycles. The second kappa shape index (κ2) is 7.36. The highest BCUT2D eigenvalue weighted by molar-refractivity contribution is 7.89. The third-order valence-electron chi connectivity index (χ3n) is 4.37. The van der Waals surface area contributed by atoms with Gasteiger partial charge in [-0.3, -0.25) is 0 Å². The molecule has 1 unspecified atom stereocenters. The summed E-state index contributed by atoms with van der Waals surface area (Å²) in [5.41, 5.74) is 1.06. The van der Waals surface area contributed by atoms with E-state index in [1.165, 1.54) is 0 Å². The Morgan fingerprint density at radius 3 is 2.50 bits per heavy atom. The maximum absolute atomic E-state index is 12.8. The second-order valence-corrected chi connectivity index (χ2v) is 8.25. The van der Waals surface area contributed by atoms with Crippen LogP contribution in [-0.2, 0) is 10.0 Å². The predicted octanol–water partition coefficient (Wildman–Crippen LogP) is 3.47. The molecule has 1 atom stereocenters. The van der Waals surface area contributed by atoms with Crippen molar-refractivity contribution >= 4 is 10.0 Å². The molecule has 4 nitrogen and oxygen atoms in total. The van der Waals surface area contributed by atoms with Crippen molar-refractivity contribution in [3.05, 3.63) is 60.2 Å². The molecular weight excluding hydrogens is 322 g/mol. The van der Waals surface area contributed by atoms with Gasteiger partial charge in [-0.15, -0.1) is 0 Å². The van der Waals surface area contributed by atoms with Gasteiger partial charge < -0.3 is 4.74 Å². The number of rotatable bonds is 5. The van der Waals surface area contributed by atoms with E-state index >= 15 is 0 Å². The van der Waals surface area contributed by atoms with Crippen molar-refractivity contribution in [3.8, 4) is 5.75 Å². The Balaban J connectivity index is 1.65. The lowest BCUT2D eigenvalue weighted by Gasteiger charge is -2.31. The molecule has 2 aromatic rings. The van der Waals surface area contributed by atoms with Gasteiger partial charge in [0.1, 0.15) is 5.75 Å². The molecule has 1 heterocycles. The third kappa shape index (κ3) is 3.97. The molecule has 0 saturated carbocycles. The van der Waals surface area contributed by atoms with Crippen molar-refractivity contribution in [1.82, 2.24) is 4.31 Å². The van der Waals surface area contributed by atoms with Gasteiger partial charge in [0.15, 0.2) is 0 Å². The number of hydrogen-bond acceptors (Lipinski definition) is 3. The van der Waals surface area contributed by atoms with E-state index in [4.69, 9.17) is 4.74 Å². The van der Waals surface area contributed by atoms with E-state index in [-0.39, 0.29) is 5.92 Å². The fraction of sp³-hybridized carbons (Fsp3) is 0.368. The van der Waals surface area contributed by atoms with E-state index in [9.17, 15) is 8.42 Å². The minimum absolute atomic E-state index is 0.221. The van der Waals surface area contributed by atoms with E-state index in [1.807, 2.05) is 49.4 Å². The van der Waals surface area contributed by atoms with Crippen LogP contribution in [0.5, 0.6) is 5.75 Å². The molecule has 0 radical (unpaired) electrons. The topological polar surface area (TPSA) is 46.6 Å². The van der Waals surface area contributed by atoms with Crippen LogP contribution in [0.1, 0.15) is 18.4 Å². The molecule has 1 fully saturated rings. The zero-order valence-corrected chi connectivity index (χ0v) is 14.7. The van der Waals surface area contributed by atoms with Gasteiger partial charge in [0.2, 0.25) is 10.0 Å². The second-order valence-electron chi connectivity index (χ2n) is 6.31. The molecule has 0 amide bonds. The maximum Gasteiger partial charge on any atom is 0.243 e. The van der Waals surface area contributed by atoms with Crippen molar-refractivity contribution < 1.29 is 13.2 Å². The molecule has 24 heavy (non-hydrogen) atoms. The van der Waals surface area contributed by atoms with Crippen LogP contribution in [0.3, 0.4) is 0 Å². The molecular formula is C19H23NO3S. The van der Waals surface area contributed by atoms with Crippen LogP contribution in [0.25, 0.3) is 0 Å². The summed E-state index contributed by atoms with van der Waals surface area (Å²) in [5, 5.41) is 0. The summed E-state index contributed by atoms with van der Waals surface area (Å²) in [7, 11) is -3.42. The number of ether oxygens (including phenoxy) is 1.